The summed E-state index contributed by atoms with van der Waals surface area (Å²) < 4.78 is 59.1. The minimum Gasteiger partial charge on any atom is -0.377 e. The largest absolute Gasteiger partial charge is 0.377 e. The van der Waals surface area contributed by atoms with E-state index in [-0.39, 0.29) is 48.8 Å². The molecule has 2 aliphatic heterocycles. The van der Waals surface area contributed by atoms with Crippen molar-refractivity contribution >= 4 is 33.5 Å². The lowest BCUT2D eigenvalue weighted by atomic mass is 9.87. The van der Waals surface area contributed by atoms with Crippen molar-refractivity contribution in [2.75, 3.05) is 44.5 Å². The molecule has 0 aliphatic carbocycles. The van der Waals surface area contributed by atoms with Crippen molar-refractivity contribution in [1.29, 1.82) is 0 Å². The first-order valence-electron chi connectivity index (χ1n) is 17.5. The lowest BCUT2D eigenvalue weighted by Gasteiger charge is -2.36. The number of piperidine rings is 1. The molecule has 0 unspecified atom stereocenters. The van der Waals surface area contributed by atoms with Crippen LogP contribution in [0.25, 0.3) is 11.1 Å². The summed E-state index contributed by atoms with van der Waals surface area (Å²) in [7, 11) is -2.77. The molecule has 3 aromatic rings. The van der Waals surface area contributed by atoms with Crippen LogP contribution in [0.2, 0.25) is 0 Å². The average Bonchev–Trinajstić information content (AvgIpc) is 3.59. The number of nitrogens with zero attached hydrogens (tertiary/aromatic N) is 5. The smallest absolute Gasteiger partial charge is 0.268 e. The van der Waals surface area contributed by atoms with Crippen molar-refractivity contribution in [2.45, 2.75) is 89.8 Å². The van der Waals surface area contributed by atoms with E-state index in [0.717, 1.165) is 34.1 Å². The van der Waals surface area contributed by atoms with Gasteiger partial charge in [-0.15, -0.1) is 0 Å². The molecule has 0 atom stereocenters. The molecule has 2 aromatic carbocycles. The van der Waals surface area contributed by atoms with E-state index in [2.05, 4.69) is 12.1 Å². The van der Waals surface area contributed by atoms with Gasteiger partial charge in [0.2, 0.25) is 5.91 Å². The van der Waals surface area contributed by atoms with Gasteiger partial charge in [-0.05, 0) is 62.8 Å². The number of aliphatic imine (C=N–C) groups is 1. The molecule has 1 aromatic heterocycles. The van der Waals surface area contributed by atoms with Crippen molar-refractivity contribution in [3.8, 4) is 11.1 Å². The van der Waals surface area contributed by atoms with Gasteiger partial charge in [0, 0.05) is 44.4 Å². The van der Waals surface area contributed by atoms with Crippen LogP contribution in [0.15, 0.2) is 56.9 Å². The first-order chi connectivity index (χ1) is 24.5. The molecule has 276 valence electrons. The quantitative estimate of drug-likeness (QED) is 0.166. The highest BCUT2D eigenvalue weighted by Crippen LogP contribution is 2.38. The number of aryl methyl sites for hydroxylation is 1. The summed E-state index contributed by atoms with van der Waals surface area (Å²) in [5.41, 5.74) is 2.40. The number of ether oxygens (including phenoxy) is 2. The number of carbonyl (C=O) groups is 2. The van der Waals surface area contributed by atoms with Gasteiger partial charge in [0.25, 0.3) is 15.9 Å². The van der Waals surface area contributed by atoms with Crippen LogP contribution in [-0.4, -0.2) is 86.8 Å². The predicted octanol–water partition coefficient (Wildman–Crippen LogP) is 5.95. The fourth-order valence-corrected chi connectivity index (χ4v) is 8.24. The third kappa shape index (κ3) is 7.87. The normalized spacial score (nSPS) is 15.9. The molecule has 1 spiro atoms. The zero-order valence-electron chi connectivity index (χ0n) is 30.1. The number of aromatic nitrogens is 1. The molecule has 0 bridgehead atoms. The standard InChI is InChI=1S/C37H48FN5O7S/c1-6-8-13-33-39-37(17-20-41(21-18-37)34(44)16-19-38)36(45)42(33)23-28-14-15-30(29(22-28)24-49-7-2)31-11-9-10-12-32(31)51(46,47)43(25-48-5)35-26(3)27(4)50-40-35/h9-12,14-15,22H,6-8,13,16-21,23-25H2,1-5H3. The number of sulfonamides is 1. The van der Waals surface area contributed by atoms with Gasteiger partial charge in [0.1, 0.15) is 23.9 Å². The predicted molar refractivity (Wildman–Crippen MR) is 191 cm³/mol. The van der Waals surface area contributed by atoms with Gasteiger partial charge in [-0.2, -0.15) is 0 Å². The van der Waals surface area contributed by atoms with E-state index in [1.54, 1.807) is 47.9 Å². The lowest BCUT2D eigenvalue weighted by molar-refractivity contribution is -0.138. The molecule has 1 fully saturated rings. The molecular formula is C37H48FN5O7S. The van der Waals surface area contributed by atoms with Crippen molar-refractivity contribution in [3.63, 3.8) is 0 Å². The summed E-state index contributed by atoms with van der Waals surface area (Å²) in [6, 6.07) is 12.5. The summed E-state index contributed by atoms with van der Waals surface area (Å²) in [6.45, 7) is 8.12. The van der Waals surface area contributed by atoms with Crippen LogP contribution in [0.3, 0.4) is 0 Å². The Morgan fingerprint density at radius 2 is 1.84 bits per heavy atom. The van der Waals surface area contributed by atoms with E-state index in [9.17, 15) is 22.4 Å². The Labute approximate surface area is 299 Å². The Kier molecular flexibility index (Phi) is 12.3. The Hall–Kier alpha value is -4.14. The zero-order valence-corrected chi connectivity index (χ0v) is 30.9. The van der Waals surface area contributed by atoms with Gasteiger partial charge in [-0.25, -0.2) is 12.7 Å². The maximum Gasteiger partial charge on any atom is 0.268 e. The number of benzene rings is 2. The van der Waals surface area contributed by atoms with Crippen molar-refractivity contribution < 1.29 is 36.4 Å². The van der Waals surface area contributed by atoms with Gasteiger partial charge in [-0.3, -0.25) is 23.9 Å². The van der Waals surface area contributed by atoms with E-state index in [4.69, 9.17) is 19.0 Å². The van der Waals surface area contributed by atoms with Crippen LogP contribution in [0.4, 0.5) is 10.2 Å². The van der Waals surface area contributed by atoms with Crippen molar-refractivity contribution in [3.05, 3.63) is 64.9 Å². The molecule has 0 radical (unpaired) electrons. The molecule has 3 heterocycles. The maximum absolute atomic E-state index is 14.3. The number of hydrogen-bond acceptors (Lipinski definition) is 9. The molecule has 0 saturated carbocycles. The molecule has 2 aliphatic rings. The van der Waals surface area contributed by atoms with Gasteiger partial charge in [0.15, 0.2) is 5.82 Å². The number of alkyl halides is 1. The Morgan fingerprint density at radius 1 is 1.10 bits per heavy atom. The Morgan fingerprint density at radius 3 is 2.49 bits per heavy atom. The van der Waals surface area contributed by atoms with Crippen LogP contribution < -0.4 is 4.31 Å². The van der Waals surface area contributed by atoms with Gasteiger partial charge in [-0.1, -0.05) is 54.9 Å². The van der Waals surface area contributed by atoms with Crippen LogP contribution in [-0.2, 0) is 42.2 Å². The number of amides is 2. The number of methoxy groups -OCH3 is 1. The fraction of sp³-hybridized carbons (Fsp3) is 0.514. The zero-order chi connectivity index (χ0) is 36.8. The number of anilines is 1. The molecule has 5 rings (SSSR count). The van der Waals surface area contributed by atoms with E-state index in [1.165, 1.54) is 7.11 Å². The van der Waals surface area contributed by atoms with Crippen LogP contribution in [0, 0.1) is 13.8 Å². The monoisotopic (exact) mass is 725 g/mol. The number of unbranched alkanes of at least 4 members (excludes halogenated alkanes) is 1. The van der Waals surface area contributed by atoms with E-state index in [0.29, 0.717) is 61.4 Å². The van der Waals surface area contributed by atoms with Crippen LogP contribution in [0.5, 0.6) is 0 Å². The maximum atomic E-state index is 14.3. The van der Waals surface area contributed by atoms with Crippen LogP contribution in [0.1, 0.15) is 74.8 Å². The first-order valence-corrected chi connectivity index (χ1v) is 18.9. The summed E-state index contributed by atoms with van der Waals surface area (Å²) in [4.78, 5) is 35.0. The number of rotatable bonds is 16. The average molecular weight is 726 g/mol. The molecule has 0 N–H and O–H groups in total. The minimum absolute atomic E-state index is 0.0644. The third-order valence-electron chi connectivity index (χ3n) is 9.64. The van der Waals surface area contributed by atoms with E-state index in [1.807, 2.05) is 25.1 Å². The Bertz CT molecular complexity index is 1850. The number of likely N-dealkylation sites (tertiary alicyclic amines) is 1. The lowest BCUT2D eigenvalue weighted by Crippen LogP contribution is -2.51. The van der Waals surface area contributed by atoms with E-state index < -0.39 is 22.2 Å². The van der Waals surface area contributed by atoms with Crippen LogP contribution >= 0.6 is 0 Å². The molecule has 12 nitrogen and oxygen atoms in total. The summed E-state index contributed by atoms with van der Waals surface area (Å²) in [5.74, 6) is 1.06. The SMILES string of the molecule is CCCCC1=NC2(CCN(C(=O)CCF)CC2)C(=O)N1Cc1ccc(-c2ccccc2S(=O)(=O)N(COC)c2noc(C)c2C)c(COCC)c1. The second-order valence-corrected chi connectivity index (χ2v) is 14.8. The molecule has 1 saturated heterocycles. The van der Waals surface area contributed by atoms with Gasteiger partial charge < -0.3 is 18.9 Å². The highest BCUT2D eigenvalue weighted by molar-refractivity contribution is 7.93. The second kappa shape index (κ2) is 16.5. The molecule has 2 amide bonds. The van der Waals surface area contributed by atoms with Gasteiger partial charge >= 0.3 is 0 Å². The summed E-state index contributed by atoms with van der Waals surface area (Å²) in [5, 5.41) is 4.03. The molecular weight excluding hydrogens is 678 g/mol. The molecule has 14 heteroatoms. The minimum atomic E-state index is -4.19. The highest BCUT2D eigenvalue weighted by Gasteiger charge is 2.49. The number of hydrogen-bond donors (Lipinski definition) is 0. The number of halogens is 1. The van der Waals surface area contributed by atoms with E-state index >= 15 is 0 Å². The second-order valence-electron chi connectivity index (χ2n) is 13.0. The van der Waals surface area contributed by atoms with Crippen molar-refractivity contribution in [2.24, 2.45) is 4.99 Å². The number of carbonyl (C=O) groups excluding carboxylic acids is 2. The van der Waals surface area contributed by atoms with Crippen molar-refractivity contribution in [1.82, 2.24) is 15.0 Å². The first kappa shape index (κ1) is 38.1. The number of amidine groups is 1. The third-order valence-corrected chi connectivity index (χ3v) is 11.4. The van der Waals surface area contributed by atoms with Gasteiger partial charge in [0.05, 0.1) is 31.1 Å². The highest BCUT2D eigenvalue weighted by atomic mass is 32.2. The Balaban J connectivity index is 1.48. The molecule has 51 heavy (non-hydrogen) atoms. The topological polar surface area (TPSA) is 135 Å². The summed E-state index contributed by atoms with van der Waals surface area (Å²) in [6.07, 6.45) is 3.08. The summed E-state index contributed by atoms with van der Waals surface area (Å²) >= 11 is 0. The fourth-order valence-electron chi connectivity index (χ4n) is 6.66.